The van der Waals surface area contributed by atoms with Crippen LogP contribution in [-0.2, 0) is 13.0 Å². The Morgan fingerprint density at radius 3 is 2.44 bits per heavy atom. The second kappa shape index (κ2) is 7.86. The summed E-state index contributed by atoms with van der Waals surface area (Å²) in [5, 5.41) is 18.1. The second-order valence-electron chi connectivity index (χ2n) is 5.67. The summed E-state index contributed by atoms with van der Waals surface area (Å²) in [4.78, 5) is 4.23. The maximum atomic E-state index is 9.26. The van der Waals surface area contributed by atoms with E-state index in [4.69, 9.17) is 5.26 Å². The van der Waals surface area contributed by atoms with Crippen LogP contribution in [0, 0.1) is 23.2 Å². The van der Waals surface area contributed by atoms with Gasteiger partial charge in [-0.1, -0.05) is 24.0 Å². The summed E-state index contributed by atoms with van der Waals surface area (Å²) in [6.45, 7) is 0.729. The number of aromatic hydroxyl groups is 1. The van der Waals surface area contributed by atoms with E-state index < -0.39 is 0 Å². The summed E-state index contributed by atoms with van der Waals surface area (Å²) in [5.41, 5.74) is 3.82. The maximum absolute atomic E-state index is 9.26. The summed E-state index contributed by atoms with van der Waals surface area (Å²) < 4.78 is 2.10. The molecule has 4 nitrogen and oxygen atoms in total. The van der Waals surface area contributed by atoms with Crippen molar-refractivity contribution in [1.29, 1.82) is 5.26 Å². The highest BCUT2D eigenvalue weighted by Crippen LogP contribution is 2.10. The molecule has 0 bridgehead atoms. The number of aromatic nitrogens is 2. The lowest BCUT2D eigenvalue weighted by molar-refractivity contribution is 0.475. The molecule has 0 spiro atoms. The Labute approximate surface area is 147 Å². The highest BCUT2D eigenvalue weighted by Gasteiger charge is 2.02. The SMILES string of the molecule is N#Cc1ccc(Cn2cncc2CCC#Cc2ccc(O)cc2)cc1. The number of nitrogens with zero attached hydrogens (tertiary/aromatic N) is 3. The molecule has 0 radical (unpaired) electrons. The fraction of sp³-hybridized carbons (Fsp3) is 0.143. The van der Waals surface area contributed by atoms with Crippen LogP contribution >= 0.6 is 0 Å². The van der Waals surface area contributed by atoms with Gasteiger partial charge < -0.3 is 9.67 Å². The van der Waals surface area contributed by atoms with Gasteiger partial charge in [-0.3, -0.25) is 0 Å². The number of phenolic OH excluding ortho intramolecular Hbond substituents is 1. The topological polar surface area (TPSA) is 61.8 Å². The first-order chi connectivity index (χ1) is 12.2. The molecule has 0 amide bonds. The molecule has 0 aliphatic carbocycles. The van der Waals surface area contributed by atoms with Gasteiger partial charge in [0, 0.05) is 36.8 Å². The summed E-state index contributed by atoms with van der Waals surface area (Å²) in [7, 11) is 0. The lowest BCUT2D eigenvalue weighted by Crippen LogP contribution is -2.03. The lowest BCUT2D eigenvalue weighted by Gasteiger charge is -2.07. The third-order valence-electron chi connectivity index (χ3n) is 3.84. The Morgan fingerprint density at radius 1 is 1.00 bits per heavy atom. The van der Waals surface area contributed by atoms with Gasteiger partial charge in [-0.05, 0) is 42.0 Å². The van der Waals surface area contributed by atoms with Crippen molar-refractivity contribution in [3.63, 3.8) is 0 Å². The molecule has 0 aliphatic rings. The van der Waals surface area contributed by atoms with Gasteiger partial charge in [0.05, 0.1) is 18.0 Å². The van der Waals surface area contributed by atoms with Crippen LogP contribution in [0.15, 0.2) is 61.1 Å². The Kier molecular flexibility index (Phi) is 5.14. The number of imidazole rings is 1. The molecule has 0 aliphatic heterocycles. The number of hydrogen-bond donors (Lipinski definition) is 1. The zero-order valence-electron chi connectivity index (χ0n) is 13.7. The van der Waals surface area contributed by atoms with E-state index in [1.54, 1.807) is 24.3 Å². The van der Waals surface area contributed by atoms with E-state index in [1.807, 2.05) is 36.8 Å². The fourth-order valence-corrected chi connectivity index (χ4v) is 2.48. The molecule has 1 aromatic heterocycles. The summed E-state index contributed by atoms with van der Waals surface area (Å²) >= 11 is 0. The number of nitriles is 1. The normalized spacial score (nSPS) is 9.88. The average molecular weight is 327 g/mol. The molecule has 3 rings (SSSR count). The van der Waals surface area contributed by atoms with Crippen LogP contribution in [0.5, 0.6) is 5.75 Å². The molecule has 1 N–H and O–H groups in total. The summed E-state index contributed by atoms with van der Waals surface area (Å²) in [6.07, 6.45) is 5.24. The molecule has 25 heavy (non-hydrogen) atoms. The lowest BCUT2D eigenvalue weighted by atomic mass is 10.1. The zero-order chi connectivity index (χ0) is 17.5. The van der Waals surface area contributed by atoms with E-state index in [9.17, 15) is 5.11 Å². The minimum Gasteiger partial charge on any atom is -0.508 e. The van der Waals surface area contributed by atoms with Crippen molar-refractivity contribution in [3.05, 3.63) is 83.4 Å². The molecule has 122 valence electrons. The van der Waals surface area contributed by atoms with Crippen LogP contribution in [0.1, 0.15) is 28.8 Å². The van der Waals surface area contributed by atoms with E-state index in [-0.39, 0.29) is 5.75 Å². The number of aryl methyl sites for hydroxylation is 1. The van der Waals surface area contributed by atoms with Crippen LogP contribution in [-0.4, -0.2) is 14.7 Å². The second-order valence-corrected chi connectivity index (χ2v) is 5.67. The predicted molar refractivity (Wildman–Crippen MR) is 95.8 cm³/mol. The van der Waals surface area contributed by atoms with Gasteiger partial charge in [-0.2, -0.15) is 5.26 Å². The molecule has 1 heterocycles. The standard InChI is InChI=1S/C21H17N3O/c22-13-18-5-7-19(8-6-18)15-24-16-23-14-20(24)4-2-1-3-17-9-11-21(25)12-10-17/h5-12,14,16,25H,2,4,15H2. The molecule has 0 saturated heterocycles. The third-order valence-corrected chi connectivity index (χ3v) is 3.84. The monoisotopic (exact) mass is 327 g/mol. The molecule has 0 saturated carbocycles. The maximum Gasteiger partial charge on any atom is 0.115 e. The van der Waals surface area contributed by atoms with E-state index in [0.29, 0.717) is 5.56 Å². The van der Waals surface area contributed by atoms with Gasteiger partial charge in [-0.25, -0.2) is 4.98 Å². The summed E-state index contributed by atoms with van der Waals surface area (Å²) in [6, 6.07) is 16.6. The predicted octanol–water partition coefficient (Wildman–Crippen LogP) is 3.49. The van der Waals surface area contributed by atoms with Crippen molar-refractivity contribution in [3.8, 4) is 23.7 Å². The minimum atomic E-state index is 0.247. The van der Waals surface area contributed by atoms with Crippen molar-refractivity contribution in [1.82, 2.24) is 9.55 Å². The first-order valence-corrected chi connectivity index (χ1v) is 8.00. The van der Waals surface area contributed by atoms with Crippen LogP contribution in [0.2, 0.25) is 0 Å². The largest absolute Gasteiger partial charge is 0.508 e. The fourth-order valence-electron chi connectivity index (χ4n) is 2.48. The van der Waals surface area contributed by atoms with Crippen LogP contribution in [0.3, 0.4) is 0 Å². The third kappa shape index (κ3) is 4.50. The van der Waals surface area contributed by atoms with Gasteiger partial charge >= 0.3 is 0 Å². The Bertz CT molecular complexity index is 936. The van der Waals surface area contributed by atoms with E-state index in [1.165, 1.54) is 0 Å². The Balaban J connectivity index is 1.60. The first kappa shape index (κ1) is 16.4. The molecule has 0 unspecified atom stereocenters. The van der Waals surface area contributed by atoms with E-state index in [0.717, 1.165) is 36.2 Å². The molecule has 4 heteroatoms. The number of hydrogen-bond acceptors (Lipinski definition) is 3. The summed E-state index contributed by atoms with van der Waals surface area (Å²) in [5.74, 6) is 6.50. The van der Waals surface area contributed by atoms with Crippen LogP contribution < -0.4 is 0 Å². The molecular weight excluding hydrogens is 310 g/mol. The van der Waals surface area contributed by atoms with Gasteiger partial charge in [0.1, 0.15) is 5.75 Å². The molecule has 3 aromatic rings. The zero-order valence-corrected chi connectivity index (χ0v) is 13.7. The molecule has 2 aromatic carbocycles. The van der Waals surface area contributed by atoms with Crippen molar-refractivity contribution >= 4 is 0 Å². The molecule has 0 fully saturated rings. The van der Waals surface area contributed by atoms with E-state index >= 15 is 0 Å². The van der Waals surface area contributed by atoms with Gasteiger partial charge in [0.2, 0.25) is 0 Å². The highest BCUT2D eigenvalue weighted by atomic mass is 16.3. The van der Waals surface area contributed by atoms with Crippen molar-refractivity contribution in [2.75, 3.05) is 0 Å². The number of benzene rings is 2. The Hall–Kier alpha value is -3.50. The average Bonchev–Trinajstić information content (AvgIpc) is 3.08. The number of phenols is 1. The number of rotatable bonds is 4. The van der Waals surface area contributed by atoms with Crippen LogP contribution in [0.25, 0.3) is 0 Å². The van der Waals surface area contributed by atoms with Gasteiger partial charge in [0.15, 0.2) is 0 Å². The van der Waals surface area contributed by atoms with Crippen molar-refractivity contribution < 1.29 is 5.11 Å². The van der Waals surface area contributed by atoms with E-state index in [2.05, 4.69) is 27.5 Å². The quantitative estimate of drug-likeness (QED) is 0.746. The Morgan fingerprint density at radius 2 is 1.72 bits per heavy atom. The van der Waals surface area contributed by atoms with Gasteiger partial charge in [-0.15, -0.1) is 0 Å². The smallest absolute Gasteiger partial charge is 0.115 e. The van der Waals surface area contributed by atoms with Crippen molar-refractivity contribution in [2.45, 2.75) is 19.4 Å². The molecular formula is C21H17N3O. The van der Waals surface area contributed by atoms with Crippen molar-refractivity contribution in [2.24, 2.45) is 0 Å². The minimum absolute atomic E-state index is 0.247. The van der Waals surface area contributed by atoms with Crippen LogP contribution in [0.4, 0.5) is 0 Å². The first-order valence-electron chi connectivity index (χ1n) is 8.00. The molecule has 0 atom stereocenters. The highest BCUT2D eigenvalue weighted by molar-refractivity contribution is 5.37. The van der Waals surface area contributed by atoms with Gasteiger partial charge in [0.25, 0.3) is 0 Å².